The van der Waals surface area contributed by atoms with Crippen LogP contribution in [-0.2, 0) is 11.3 Å². The normalized spacial score (nSPS) is 12.1. The predicted octanol–water partition coefficient (Wildman–Crippen LogP) is 1.06. The van der Waals surface area contributed by atoms with Gasteiger partial charge in [0.1, 0.15) is 0 Å². The molecule has 4 nitrogen and oxygen atoms in total. The molecule has 4 heteroatoms. The zero-order valence-corrected chi connectivity index (χ0v) is 11.0. The molecular formula is C13H21N3O. The summed E-state index contributed by atoms with van der Waals surface area (Å²) in [7, 11) is 5.76. The highest BCUT2D eigenvalue weighted by molar-refractivity contribution is 5.80. The second kappa shape index (κ2) is 5.68. The third-order valence-electron chi connectivity index (χ3n) is 2.61. The van der Waals surface area contributed by atoms with Crippen molar-refractivity contribution in [3.05, 3.63) is 29.8 Å². The van der Waals surface area contributed by atoms with Crippen molar-refractivity contribution >= 4 is 11.6 Å². The molecule has 0 saturated heterocycles. The Morgan fingerprint density at radius 3 is 2.53 bits per heavy atom. The summed E-state index contributed by atoms with van der Waals surface area (Å²) >= 11 is 0. The van der Waals surface area contributed by atoms with Gasteiger partial charge >= 0.3 is 0 Å². The second-order valence-electron chi connectivity index (χ2n) is 4.55. The Kier molecular flexibility index (Phi) is 4.52. The van der Waals surface area contributed by atoms with Gasteiger partial charge in [-0.3, -0.25) is 4.79 Å². The summed E-state index contributed by atoms with van der Waals surface area (Å²) in [6, 6.07) is 7.67. The molecule has 94 valence electrons. The van der Waals surface area contributed by atoms with Crippen molar-refractivity contribution < 1.29 is 4.79 Å². The minimum absolute atomic E-state index is 0.0414. The van der Waals surface area contributed by atoms with Crippen LogP contribution in [0.2, 0.25) is 0 Å². The fraction of sp³-hybridized carbons (Fsp3) is 0.462. The van der Waals surface area contributed by atoms with Crippen LogP contribution < -0.4 is 10.6 Å². The number of nitrogens with zero attached hydrogens (tertiary/aromatic N) is 2. The Labute approximate surface area is 103 Å². The van der Waals surface area contributed by atoms with Crippen molar-refractivity contribution in [2.24, 2.45) is 5.73 Å². The highest BCUT2D eigenvalue weighted by Crippen LogP contribution is 2.14. The Morgan fingerprint density at radius 1 is 1.35 bits per heavy atom. The van der Waals surface area contributed by atoms with E-state index >= 15 is 0 Å². The van der Waals surface area contributed by atoms with Crippen molar-refractivity contribution in [3.63, 3.8) is 0 Å². The van der Waals surface area contributed by atoms with E-state index in [4.69, 9.17) is 5.73 Å². The van der Waals surface area contributed by atoms with E-state index in [1.807, 2.05) is 37.2 Å². The van der Waals surface area contributed by atoms with Crippen LogP contribution in [0.3, 0.4) is 0 Å². The van der Waals surface area contributed by atoms with Gasteiger partial charge in [0.05, 0.1) is 6.04 Å². The van der Waals surface area contributed by atoms with Crippen LogP contribution in [0, 0.1) is 0 Å². The topological polar surface area (TPSA) is 49.6 Å². The van der Waals surface area contributed by atoms with Gasteiger partial charge in [0.25, 0.3) is 0 Å². The lowest BCUT2D eigenvalue weighted by Gasteiger charge is -2.20. The van der Waals surface area contributed by atoms with Crippen LogP contribution in [0.5, 0.6) is 0 Å². The summed E-state index contributed by atoms with van der Waals surface area (Å²) < 4.78 is 0. The lowest BCUT2D eigenvalue weighted by Crippen LogP contribution is -2.39. The predicted molar refractivity (Wildman–Crippen MR) is 70.9 cm³/mol. The van der Waals surface area contributed by atoms with E-state index in [0.29, 0.717) is 6.54 Å². The monoisotopic (exact) mass is 235 g/mol. The van der Waals surface area contributed by atoms with Gasteiger partial charge in [-0.05, 0) is 24.6 Å². The van der Waals surface area contributed by atoms with Crippen molar-refractivity contribution in [3.8, 4) is 0 Å². The molecule has 1 rings (SSSR count). The van der Waals surface area contributed by atoms with Crippen LogP contribution in [0.15, 0.2) is 24.3 Å². The van der Waals surface area contributed by atoms with Crippen molar-refractivity contribution in [2.45, 2.75) is 19.5 Å². The van der Waals surface area contributed by atoms with Gasteiger partial charge in [-0.2, -0.15) is 0 Å². The van der Waals surface area contributed by atoms with E-state index < -0.39 is 6.04 Å². The van der Waals surface area contributed by atoms with E-state index in [1.165, 1.54) is 0 Å². The summed E-state index contributed by atoms with van der Waals surface area (Å²) in [6.07, 6.45) is 0. The average Bonchev–Trinajstić information content (AvgIpc) is 2.28. The Morgan fingerprint density at radius 2 is 2.00 bits per heavy atom. The molecule has 0 spiro atoms. The van der Waals surface area contributed by atoms with Gasteiger partial charge in [-0.15, -0.1) is 0 Å². The number of benzene rings is 1. The molecule has 0 heterocycles. The number of rotatable bonds is 4. The molecule has 0 bridgehead atoms. The average molecular weight is 235 g/mol. The van der Waals surface area contributed by atoms with Crippen molar-refractivity contribution in [1.29, 1.82) is 0 Å². The summed E-state index contributed by atoms with van der Waals surface area (Å²) in [6.45, 7) is 2.29. The maximum atomic E-state index is 11.7. The number of likely N-dealkylation sites (N-methyl/N-ethyl adjacent to an activating group) is 1. The Hall–Kier alpha value is -1.55. The number of hydrogen-bond donors (Lipinski definition) is 1. The van der Waals surface area contributed by atoms with Gasteiger partial charge in [-0.1, -0.05) is 12.1 Å². The van der Waals surface area contributed by atoms with E-state index in [-0.39, 0.29) is 5.91 Å². The fourth-order valence-electron chi connectivity index (χ4n) is 1.63. The molecule has 0 fully saturated rings. The highest BCUT2D eigenvalue weighted by atomic mass is 16.2. The minimum Gasteiger partial charge on any atom is -0.378 e. The van der Waals surface area contributed by atoms with Gasteiger partial charge in [0.15, 0.2) is 0 Å². The van der Waals surface area contributed by atoms with Crippen molar-refractivity contribution in [1.82, 2.24) is 4.90 Å². The molecule has 17 heavy (non-hydrogen) atoms. The summed E-state index contributed by atoms with van der Waals surface area (Å²) in [5.41, 5.74) is 7.80. The van der Waals surface area contributed by atoms with E-state index in [9.17, 15) is 4.79 Å². The summed E-state index contributed by atoms with van der Waals surface area (Å²) in [4.78, 5) is 15.3. The first-order chi connectivity index (χ1) is 7.91. The molecule has 1 aromatic rings. The third-order valence-corrected chi connectivity index (χ3v) is 2.61. The summed E-state index contributed by atoms with van der Waals surface area (Å²) in [5, 5.41) is 0. The molecule has 0 aliphatic carbocycles. The highest BCUT2D eigenvalue weighted by Gasteiger charge is 2.13. The molecule has 0 aliphatic heterocycles. The van der Waals surface area contributed by atoms with Crippen LogP contribution in [-0.4, -0.2) is 38.0 Å². The molecule has 0 aromatic heterocycles. The van der Waals surface area contributed by atoms with Crippen molar-refractivity contribution in [2.75, 3.05) is 26.0 Å². The van der Waals surface area contributed by atoms with Crippen LogP contribution >= 0.6 is 0 Å². The number of hydrogen-bond acceptors (Lipinski definition) is 3. The molecule has 1 unspecified atom stereocenters. The lowest BCUT2D eigenvalue weighted by molar-refractivity contribution is -0.131. The number of carbonyl (C=O) groups excluding carboxylic acids is 1. The smallest absolute Gasteiger partial charge is 0.239 e. The largest absolute Gasteiger partial charge is 0.378 e. The molecule has 0 saturated carbocycles. The second-order valence-corrected chi connectivity index (χ2v) is 4.55. The molecule has 1 amide bonds. The number of amides is 1. The maximum Gasteiger partial charge on any atom is 0.239 e. The van der Waals surface area contributed by atoms with Gasteiger partial charge in [0, 0.05) is 33.4 Å². The molecule has 0 radical (unpaired) electrons. The third kappa shape index (κ3) is 3.75. The van der Waals surface area contributed by atoms with Gasteiger partial charge < -0.3 is 15.5 Å². The van der Waals surface area contributed by atoms with Crippen LogP contribution in [0.25, 0.3) is 0 Å². The number of nitrogens with two attached hydrogens (primary N) is 1. The zero-order chi connectivity index (χ0) is 13.0. The van der Waals surface area contributed by atoms with Crippen LogP contribution in [0.1, 0.15) is 12.5 Å². The van der Waals surface area contributed by atoms with Crippen LogP contribution in [0.4, 0.5) is 5.69 Å². The molecule has 1 atom stereocenters. The number of anilines is 1. The Balaban J connectivity index is 2.75. The Bertz CT molecular complexity index is 388. The molecule has 0 aliphatic rings. The first kappa shape index (κ1) is 13.5. The maximum absolute atomic E-state index is 11.7. The van der Waals surface area contributed by atoms with Gasteiger partial charge in [0.2, 0.25) is 5.91 Å². The SMILES string of the molecule is CC(N)C(=O)N(C)Cc1cccc(N(C)C)c1. The first-order valence-corrected chi connectivity index (χ1v) is 5.68. The zero-order valence-electron chi connectivity index (χ0n) is 11.0. The van der Waals surface area contributed by atoms with Gasteiger partial charge in [-0.25, -0.2) is 0 Å². The fourth-order valence-corrected chi connectivity index (χ4v) is 1.63. The first-order valence-electron chi connectivity index (χ1n) is 5.68. The standard InChI is InChI=1S/C13H21N3O/c1-10(14)13(17)16(4)9-11-6-5-7-12(8-11)15(2)3/h5-8,10H,9,14H2,1-4H3. The molecule has 1 aromatic carbocycles. The quantitative estimate of drug-likeness (QED) is 0.849. The number of carbonyl (C=O) groups is 1. The van der Waals surface area contributed by atoms with E-state index in [1.54, 1.807) is 18.9 Å². The summed E-state index contributed by atoms with van der Waals surface area (Å²) in [5.74, 6) is -0.0414. The molecule has 2 N–H and O–H groups in total. The molecular weight excluding hydrogens is 214 g/mol. The lowest BCUT2D eigenvalue weighted by atomic mass is 10.1. The minimum atomic E-state index is -0.447. The van der Waals surface area contributed by atoms with E-state index in [2.05, 4.69) is 6.07 Å². The van der Waals surface area contributed by atoms with E-state index in [0.717, 1.165) is 11.3 Å².